The summed E-state index contributed by atoms with van der Waals surface area (Å²) < 4.78 is 0. The molecule has 0 aromatic carbocycles. The van der Waals surface area contributed by atoms with Gasteiger partial charge in [0.15, 0.2) is 0 Å². The van der Waals surface area contributed by atoms with Gasteiger partial charge in [-0.2, -0.15) is 0 Å². The Morgan fingerprint density at radius 1 is 1.37 bits per heavy atom. The number of nitrogens with one attached hydrogen (secondary N) is 2. The normalized spacial score (nSPS) is 14.7. The number of nitrogens with zero attached hydrogens (tertiary/aromatic N) is 2. The van der Waals surface area contributed by atoms with Gasteiger partial charge in [0.25, 0.3) is 5.91 Å². The zero-order valence-corrected chi connectivity index (χ0v) is 11.5. The van der Waals surface area contributed by atoms with Crippen LogP contribution in [0.25, 0.3) is 0 Å². The van der Waals surface area contributed by atoms with Crippen LogP contribution in [0.1, 0.15) is 30.1 Å². The molecule has 5 nitrogen and oxygen atoms in total. The van der Waals surface area contributed by atoms with Crippen LogP contribution in [0.5, 0.6) is 0 Å². The smallest absolute Gasteiger partial charge is 0.255 e. The summed E-state index contributed by atoms with van der Waals surface area (Å²) in [7, 11) is 0. The predicted molar refractivity (Wildman–Crippen MR) is 76.6 cm³/mol. The van der Waals surface area contributed by atoms with E-state index in [0.29, 0.717) is 12.1 Å². The second-order valence-electron chi connectivity index (χ2n) is 4.68. The molecule has 1 aliphatic rings. The second kappa shape index (κ2) is 7.09. The maximum Gasteiger partial charge on any atom is 0.255 e. The molecule has 104 valence electrons. The minimum atomic E-state index is -0.0343. The zero-order valence-electron chi connectivity index (χ0n) is 11.5. The quantitative estimate of drug-likeness (QED) is 0.752. The zero-order chi connectivity index (χ0) is 13.5. The van der Waals surface area contributed by atoms with E-state index in [0.717, 1.165) is 32.0 Å². The first-order valence-corrected chi connectivity index (χ1v) is 7.02. The van der Waals surface area contributed by atoms with Crippen molar-refractivity contribution in [3.63, 3.8) is 0 Å². The van der Waals surface area contributed by atoms with Crippen LogP contribution in [-0.2, 0) is 0 Å². The highest BCUT2D eigenvalue weighted by Crippen LogP contribution is 2.21. The Morgan fingerprint density at radius 2 is 2.16 bits per heavy atom. The van der Waals surface area contributed by atoms with Crippen molar-refractivity contribution in [1.29, 1.82) is 0 Å². The molecule has 19 heavy (non-hydrogen) atoms. The lowest BCUT2D eigenvalue weighted by atomic mass is 10.2. The van der Waals surface area contributed by atoms with Crippen molar-refractivity contribution >= 4 is 11.7 Å². The molecule has 5 heteroatoms. The first-order chi connectivity index (χ1) is 9.33. The molecule has 1 fully saturated rings. The number of amides is 1. The van der Waals surface area contributed by atoms with Crippen LogP contribution in [0, 0.1) is 0 Å². The van der Waals surface area contributed by atoms with E-state index in [1.54, 1.807) is 6.20 Å². The average Bonchev–Trinajstić information content (AvgIpc) is 2.97. The van der Waals surface area contributed by atoms with Crippen LogP contribution >= 0.6 is 0 Å². The van der Waals surface area contributed by atoms with Gasteiger partial charge in [-0.1, -0.05) is 6.92 Å². The molecule has 0 saturated carbocycles. The minimum Gasteiger partial charge on any atom is -0.356 e. The van der Waals surface area contributed by atoms with Crippen molar-refractivity contribution in [2.24, 2.45) is 0 Å². The monoisotopic (exact) mass is 262 g/mol. The summed E-state index contributed by atoms with van der Waals surface area (Å²) >= 11 is 0. The topological polar surface area (TPSA) is 57.3 Å². The third kappa shape index (κ3) is 3.67. The lowest BCUT2D eigenvalue weighted by Gasteiger charge is -2.19. The van der Waals surface area contributed by atoms with Gasteiger partial charge in [-0.05, 0) is 31.5 Å². The van der Waals surface area contributed by atoms with Gasteiger partial charge in [0.2, 0.25) is 0 Å². The van der Waals surface area contributed by atoms with E-state index in [-0.39, 0.29) is 5.91 Å². The van der Waals surface area contributed by atoms with Gasteiger partial charge in [-0.3, -0.25) is 4.79 Å². The Morgan fingerprint density at radius 3 is 2.89 bits per heavy atom. The van der Waals surface area contributed by atoms with Gasteiger partial charge in [-0.15, -0.1) is 0 Å². The molecule has 1 amide bonds. The Bertz CT molecular complexity index is 416. The largest absolute Gasteiger partial charge is 0.356 e. The maximum atomic E-state index is 12.2. The van der Waals surface area contributed by atoms with Crippen molar-refractivity contribution in [3.8, 4) is 0 Å². The third-order valence-corrected chi connectivity index (χ3v) is 3.27. The number of carbonyl (C=O) groups is 1. The van der Waals surface area contributed by atoms with E-state index < -0.39 is 0 Å². The summed E-state index contributed by atoms with van der Waals surface area (Å²) in [6.07, 6.45) is 4.11. The molecule has 0 bridgehead atoms. The average molecular weight is 262 g/mol. The highest BCUT2D eigenvalue weighted by molar-refractivity contribution is 5.98. The number of hydrogen-bond donors (Lipinski definition) is 2. The number of anilines is 1. The predicted octanol–water partition coefficient (Wildman–Crippen LogP) is 1.02. The number of aromatic nitrogens is 1. The lowest BCUT2D eigenvalue weighted by Crippen LogP contribution is -2.33. The number of hydrogen-bond acceptors (Lipinski definition) is 4. The molecule has 2 N–H and O–H groups in total. The van der Waals surface area contributed by atoms with Gasteiger partial charge >= 0.3 is 0 Å². The van der Waals surface area contributed by atoms with Gasteiger partial charge in [0.1, 0.15) is 5.82 Å². The van der Waals surface area contributed by atoms with E-state index in [2.05, 4.69) is 27.4 Å². The van der Waals surface area contributed by atoms with E-state index in [1.807, 2.05) is 12.1 Å². The van der Waals surface area contributed by atoms with Crippen molar-refractivity contribution < 1.29 is 4.79 Å². The molecule has 1 aromatic rings. The van der Waals surface area contributed by atoms with Gasteiger partial charge < -0.3 is 15.5 Å². The number of rotatable bonds is 6. The molecule has 0 atom stereocenters. The molecular weight excluding hydrogens is 240 g/mol. The van der Waals surface area contributed by atoms with Crippen LogP contribution < -0.4 is 15.5 Å². The molecule has 2 rings (SSSR count). The molecule has 0 radical (unpaired) electrons. The fraction of sp³-hybridized carbons (Fsp3) is 0.571. The van der Waals surface area contributed by atoms with Crippen molar-refractivity contribution in [2.45, 2.75) is 19.8 Å². The van der Waals surface area contributed by atoms with Gasteiger partial charge in [0.05, 0.1) is 5.56 Å². The minimum absolute atomic E-state index is 0.0343. The number of likely N-dealkylation sites (N-methyl/N-ethyl adjacent to an activating group) is 1. The van der Waals surface area contributed by atoms with Crippen LogP contribution in [0.2, 0.25) is 0 Å². The number of carbonyl (C=O) groups excluding carboxylic acids is 1. The summed E-state index contributed by atoms with van der Waals surface area (Å²) in [5.41, 5.74) is 0.681. The van der Waals surface area contributed by atoms with Crippen LogP contribution in [0.4, 0.5) is 5.82 Å². The Kier molecular flexibility index (Phi) is 5.15. The standard InChI is InChI=1S/C14H22N4O/c1-2-15-8-9-17-14(19)12-6-5-7-16-13(12)18-10-3-4-11-18/h5-7,15H,2-4,8-11H2,1H3,(H,17,19). The summed E-state index contributed by atoms with van der Waals surface area (Å²) in [6, 6.07) is 3.67. The Balaban J connectivity index is 2.00. The molecular formula is C14H22N4O. The SMILES string of the molecule is CCNCCNC(=O)c1cccnc1N1CCCC1. The van der Waals surface area contributed by atoms with Crippen LogP contribution in [0.3, 0.4) is 0 Å². The summed E-state index contributed by atoms with van der Waals surface area (Å²) in [6.45, 7) is 6.39. The first kappa shape index (κ1) is 13.8. The Hall–Kier alpha value is -1.62. The third-order valence-electron chi connectivity index (χ3n) is 3.27. The highest BCUT2D eigenvalue weighted by Gasteiger charge is 2.20. The van der Waals surface area contributed by atoms with E-state index in [4.69, 9.17) is 0 Å². The van der Waals surface area contributed by atoms with Crippen molar-refractivity contribution in [1.82, 2.24) is 15.6 Å². The molecule has 0 aliphatic carbocycles. The van der Waals surface area contributed by atoms with Gasteiger partial charge in [0, 0.05) is 32.4 Å². The van der Waals surface area contributed by atoms with Crippen molar-refractivity contribution in [3.05, 3.63) is 23.9 Å². The molecule has 0 spiro atoms. The van der Waals surface area contributed by atoms with E-state index >= 15 is 0 Å². The summed E-state index contributed by atoms with van der Waals surface area (Å²) in [5.74, 6) is 0.786. The van der Waals surface area contributed by atoms with E-state index in [1.165, 1.54) is 12.8 Å². The second-order valence-corrected chi connectivity index (χ2v) is 4.68. The lowest BCUT2D eigenvalue weighted by molar-refractivity contribution is 0.0954. The summed E-state index contributed by atoms with van der Waals surface area (Å²) in [4.78, 5) is 18.7. The molecule has 1 saturated heterocycles. The number of pyridine rings is 1. The maximum absolute atomic E-state index is 12.2. The first-order valence-electron chi connectivity index (χ1n) is 7.02. The van der Waals surface area contributed by atoms with Crippen LogP contribution in [-0.4, -0.2) is 43.6 Å². The molecule has 2 heterocycles. The summed E-state index contributed by atoms with van der Waals surface area (Å²) in [5, 5.41) is 6.11. The van der Waals surface area contributed by atoms with Gasteiger partial charge in [-0.25, -0.2) is 4.98 Å². The highest BCUT2D eigenvalue weighted by atomic mass is 16.1. The fourth-order valence-electron chi connectivity index (χ4n) is 2.29. The van der Waals surface area contributed by atoms with E-state index in [9.17, 15) is 4.79 Å². The Labute approximate surface area is 114 Å². The fourth-order valence-corrected chi connectivity index (χ4v) is 2.29. The molecule has 1 aliphatic heterocycles. The van der Waals surface area contributed by atoms with Crippen LogP contribution in [0.15, 0.2) is 18.3 Å². The molecule has 0 unspecified atom stereocenters. The molecule has 1 aromatic heterocycles. The van der Waals surface area contributed by atoms with Crippen molar-refractivity contribution in [2.75, 3.05) is 37.6 Å².